The summed E-state index contributed by atoms with van der Waals surface area (Å²) in [6, 6.07) is 12.5. The molecule has 19 heteroatoms. The number of thiophene rings is 1. The Kier molecular flexibility index (Phi) is 9.35. The molecule has 3 fully saturated rings. The van der Waals surface area contributed by atoms with E-state index in [1.54, 1.807) is 23.6 Å². The first-order chi connectivity index (χ1) is 26.9. The van der Waals surface area contributed by atoms with Crippen molar-refractivity contribution in [3.8, 4) is 11.5 Å². The molecular formula is C38H26Cl2F6N4O6S. The number of phenols is 1. The molecule has 57 heavy (non-hydrogen) atoms. The zero-order valence-corrected chi connectivity index (χ0v) is 31.1. The van der Waals surface area contributed by atoms with E-state index in [1.165, 1.54) is 35.6 Å². The number of hydrogen-bond donors (Lipinski definition) is 2. The molecule has 2 aromatic heterocycles. The van der Waals surface area contributed by atoms with Crippen LogP contribution in [0, 0.1) is 23.7 Å². The molecule has 4 aliphatic rings. The number of allylic oxidation sites excluding steroid dienone is 2. The maximum absolute atomic E-state index is 15.3. The maximum Gasteiger partial charge on any atom is 0.573 e. The molecule has 2 saturated heterocycles. The van der Waals surface area contributed by atoms with Gasteiger partial charge in [-0.1, -0.05) is 53.1 Å². The monoisotopic (exact) mass is 850 g/mol. The van der Waals surface area contributed by atoms with Gasteiger partial charge in [0.05, 0.1) is 40.3 Å². The van der Waals surface area contributed by atoms with Gasteiger partial charge in [-0.3, -0.25) is 29.5 Å². The van der Waals surface area contributed by atoms with Crippen LogP contribution in [0.3, 0.4) is 0 Å². The van der Waals surface area contributed by atoms with Gasteiger partial charge in [-0.2, -0.15) is 18.2 Å². The van der Waals surface area contributed by atoms with Gasteiger partial charge in [-0.15, -0.1) is 24.5 Å². The van der Waals surface area contributed by atoms with Crippen molar-refractivity contribution in [2.75, 3.05) is 5.43 Å². The van der Waals surface area contributed by atoms with Crippen LogP contribution in [0.15, 0.2) is 83.9 Å². The van der Waals surface area contributed by atoms with Crippen LogP contribution in [-0.4, -0.2) is 50.0 Å². The highest BCUT2D eigenvalue weighted by molar-refractivity contribution is 7.09. The molecule has 2 aromatic carbocycles. The lowest BCUT2D eigenvalue weighted by molar-refractivity contribution is -0.274. The summed E-state index contributed by atoms with van der Waals surface area (Å²) in [4.78, 5) is 63.8. The van der Waals surface area contributed by atoms with E-state index in [0.717, 1.165) is 28.0 Å². The van der Waals surface area contributed by atoms with Crippen LogP contribution in [-0.2, 0) is 37.3 Å². The van der Waals surface area contributed by atoms with Gasteiger partial charge < -0.3 is 9.84 Å². The predicted molar refractivity (Wildman–Crippen MR) is 192 cm³/mol. The summed E-state index contributed by atoms with van der Waals surface area (Å²) in [5, 5.41) is 13.4. The van der Waals surface area contributed by atoms with E-state index in [1.807, 2.05) is 0 Å². The van der Waals surface area contributed by atoms with Crippen molar-refractivity contribution >= 4 is 64.0 Å². The zero-order valence-electron chi connectivity index (χ0n) is 28.8. The lowest BCUT2D eigenvalue weighted by Gasteiger charge is -2.50. The Labute approximate surface area is 332 Å². The van der Waals surface area contributed by atoms with Crippen LogP contribution in [0.1, 0.15) is 40.3 Å². The number of amides is 4. The second-order valence-electron chi connectivity index (χ2n) is 14.0. The van der Waals surface area contributed by atoms with Gasteiger partial charge in [-0.25, -0.2) is 4.98 Å². The van der Waals surface area contributed by atoms with Crippen LogP contribution in [0.5, 0.6) is 11.5 Å². The number of halogens is 8. The first-order valence-electron chi connectivity index (χ1n) is 17.2. The molecule has 4 heterocycles. The van der Waals surface area contributed by atoms with E-state index in [0.29, 0.717) is 22.8 Å². The summed E-state index contributed by atoms with van der Waals surface area (Å²) in [5.74, 6) is -10.7. The number of carbonyl (C=O) groups is 4. The molecule has 4 aromatic rings. The minimum absolute atomic E-state index is 0.0143. The first-order valence-corrected chi connectivity index (χ1v) is 18.8. The number of pyridine rings is 1. The Hall–Kier alpha value is -5.13. The molecule has 2 aliphatic heterocycles. The fourth-order valence-electron chi connectivity index (χ4n) is 8.87. The van der Waals surface area contributed by atoms with Crippen molar-refractivity contribution in [3.05, 3.63) is 116 Å². The number of hydrogen-bond acceptors (Lipinski definition) is 9. The third kappa shape index (κ3) is 6.39. The topological polar surface area (TPSA) is 129 Å². The number of likely N-dealkylation sites (tertiary alicyclic amines) is 1. The van der Waals surface area contributed by atoms with Crippen molar-refractivity contribution in [2.24, 2.45) is 23.7 Å². The molecule has 4 amide bonds. The van der Waals surface area contributed by atoms with E-state index in [9.17, 15) is 45.8 Å². The molecule has 296 valence electrons. The quantitative estimate of drug-likeness (QED) is 0.108. The highest BCUT2D eigenvalue weighted by Gasteiger charge is 2.70. The average molecular weight is 852 g/mol. The van der Waals surface area contributed by atoms with Gasteiger partial charge in [0, 0.05) is 27.6 Å². The van der Waals surface area contributed by atoms with Crippen LogP contribution >= 0.6 is 34.5 Å². The number of phenolic OH excluding ortho intramolecular Hbond substituents is 1. The highest BCUT2D eigenvalue weighted by atomic mass is 35.5. The minimum Gasteiger partial charge on any atom is -0.508 e. The summed E-state index contributed by atoms with van der Waals surface area (Å²) < 4.78 is 85.4. The number of rotatable bonds is 7. The molecule has 8 rings (SSSR count). The number of alkyl halides is 6. The number of aromatic hydroxyl groups is 1. The van der Waals surface area contributed by atoms with Crippen LogP contribution in [0.2, 0.25) is 10.0 Å². The Morgan fingerprint density at radius 3 is 2.33 bits per heavy atom. The number of carbonyl (C=O) groups excluding carboxylic acids is 4. The van der Waals surface area contributed by atoms with Crippen LogP contribution in [0.25, 0.3) is 0 Å². The number of fused-ring (bicyclic) bond motifs is 4. The van der Waals surface area contributed by atoms with Gasteiger partial charge in [0.25, 0.3) is 11.8 Å². The predicted octanol–water partition coefficient (Wildman–Crippen LogP) is 8.26. The maximum atomic E-state index is 15.3. The van der Waals surface area contributed by atoms with Crippen molar-refractivity contribution in [1.29, 1.82) is 0 Å². The van der Waals surface area contributed by atoms with Gasteiger partial charge in [0.1, 0.15) is 11.5 Å². The number of ether oxygens (including phenoxy) is 1. The number of nitrogens with one attached hydrogen (secondary N) is 1. The molecule has 6 atom stereocenters. The number of hydrazine groups is 1. The van der Waals surface area contributed by atoms with Crippen molar-refractivity contribution in [1.82, 2.24) is 14.9 Å². The summed E-state index contributed by atoms with van der Waals surface area (Å²) in [7, 11) is 0. The fourth-order valence-corrected chi connectivity index (χ4v) is 9.89. The largest absolute Gasteiger partial charge is 0.573 e. The third-order valence-electron chi connectivity index (χ3n) is 11.1. The molecule has 0 spiro atoms. The zero-order chi connectivity index (χ0) is 40.8. The molecule has 10 nitrogen and oxygen atoms in total. The van der Waals surface area contributed by atoms with Gasteiger partial charge in [-0.05, 0) is 72.2 Å². The number of aromatic nitrogens is 1. The van der Waals surface area contributed by atoms with E-state index in [-0.39, 0.29) is 35.5 Å². The van der Waals surface area contributed by atoms with E-state index >= 15 is 4.79 Å². The molecule has 2 aliphatic carbocycles. The number of anilines is 1. The molecule has 0 bridgehead atoms. The van der Waals surface area contributed by atoms with Crippen molar-refractivity contribution in [3.63, 3.8) is 0 Å². The summed E-state index contributed by atoms with van der Waals surface area (Å²) >= 11 is 13.8. The SMILES string of the molecule is O=C1C2CC=C3C(CC4C(=O)N(Nc5ncc(C(F)(F)F)cc5Cl)C(=O)C4(c4ccc(Cl)cc4)C3c3cc(OC(F)(F)F)ccc3O)C2C(=O)N1Cc1cccs1. The standard InChI is InChI=1S/C38H26Cl2F6N4O6S/c39-19-5-3-17(4-6-19)36-26(33(53)50(35(36)55)48-31-27(40)12-18(15-47-31)37(41,42)43)14-24-22(30(36)25-13-20(7-10-28(25)51)56-38(44,45)46)8-9-23-29(24)34(54)49(32(23)52)16-21-2-1-11-57-21/h1-8,10-13,15,23-24,26,29-30,51H,9,14,16H2,(H,47,48). The second kappa shape index (κ2) is 13.8. The second-order valence-corrected chi connectivity index (χ2v) is 15.9. The van der Waals surface area contributed by atoms with Gasteiger partial charge >= 0.3 is 12.5 Å². The van der Waals surface area contributed by atoms with Gasteiger partial charge in [0.2, 0.25) is 11.8 Å². The van der Waals surface area contributed by atoms with Gasteiger partial charge in [0.15, 0.2) is 5.82 Å². The normalized spacial score (nSPS) is 26.0. The smallest absolute Gasteiger partial charge is 0.508 e. The third-order valence-corrected chi connectivity index (χ3v) is 12.5. The van der Waals surface area contributed by atoms with Crippen LogP contribution < -0.4 is 10.2 Å². The Morgan fingerprint density at radius 1 is 0.947 bits per heavy atom. The summed E-state index contributed by atoms with van der Waals surface area (Å²) in [6.45, 7) is -0.0143. The Balaban J connectivity index is 1.32. The van der Waals surface area contributed by atoms with Crippen LogP contribution in [0.4, 0.5) is 32.2 Å². The highest BCUT2D eigenvalue weighted by Crippen LogP contribution is 2.65. The summed E-state index contributed by atoms with van der Waals surface area (Å²) in [5.41, 5.74) is -0.696. The van der Waals surface area contributed by atoms with Crippen molar-refractivity contribution in [2.45, 2.75) is 43.3 Å². The Morgan fingerprint density at radius 2 is 1.68 bits per heavy atom. The van der Waals surface area contributed by atoms with E-state index in [4.69, 9.17) is 23.2 Å². The minimum atomic E-state index is -5.17. The number of nitrogens with zero attached hydrogens (tertiary/aromatic N) is 3. The summed E-state index contributed by atoms with van der Waals surface area (Å²) in [6.07, 6.45) is -8.19. The fraction of sp³-hybridized carbons (Fsp3) is 0.289. The molecular weight excluding hydrogens is 825 g/mol. The lowest BCUT2D eigenvalue weighted by Crippen LogP contribution is -2.53. The molecule has 2 N–H and O–H groups in total. The Bertz CT molecular complexity index is 2360. The van der Waals surface area contributed by atoms with E-state index in [2.05, 4.69) is 15.1 Å². The molecule has 0 radical (unpaired) electrons. The first kappa shape index (κ1) is 38.7. The number of benzene rings is 2. The molecule has 1 saturated carbocycles. The van der Waals surface area contributed by atoms with E-state index < -0.39 is 99.1 Å². The lowest BCUT2D eigenvalue weighted by atomic mass is 9.49. The number of imide groups is 2. The van der Waals surface area contributed by atoms with Crippen molar-refractivity contribution < 1.29 is 55.4 Å². The average Bonchev–Trinajstić information content (AvgIpc) is 3.81. The molecule has 6 unspecified atom stereocenters.